The maximum Gasteiger partial charge on any atom is 0.230 e. The normalized spacial score (nSPS) is 17.7. The van der Waals surface area contributed by atoms with Crippen molar-refractivity contribution in [3.63, 3.8) is 0 Å². The molecule has 0 saturated carbocycles. The molecule has 1 aliphatic heterocycles. The van der Waals surface area contributed by atoms with Gasteiger partial charge in [0.15, 0.2) is 0 Å². The monoisotopic (exact) mass is 387 g/mol. The fourth-order valence-corrected chi connectivity index (χ4v) is 4.36. The third-order valence-corrected chi connectivity index (χ3v) is 6.25. The van der Waals surface area contributed by atoms with E-state index in [2.05, 4.69) is 19.2 Å². The molecule has 0 fully saturated rings. The molecule has 2 aromatic rings. The molecular weight excluding hydrogens is 361 g/mol. The van der Waals surface area contributed by atoms with Gasteiger partial charge in [-0.1, -0.05) is 50.2 Å². The third kappa shape index (κ3) is 4.64. The minimum Gasteiger partial charge on any atom is -0.487 e. The summed E-state index contributed by atoms with van der Waals surface area (Å²) in [6, 6.07) is 14.6. The lowest BCUT2D eigenvalue weighted by atomic mass is 9.83. The fraction of sp³-hybridized carbons (Fsp3) is 0.409. The van der Waals surface area contributed by atoms with Gasteiger partial charge in [0, 0.05) is 17.7 Å². The number of ether oxygens (including phenoxy) is 1. The van der Waals surface area contributed by atoms with Crippen LogP contribution >= 0.6 is 11.8 Å². The first-order valence-corrected chi connectivity index (χ1v) is 10.6. The van der Waals surface area contributed by atoms with Crippen molar-refractivity contribution in [1.82, 2.24) is 5.32 Å². The summed E-state index contributed by atoms with van der Waals surface area (Å²) in [6.45, 7) is 4.25. The SMILES string of the molecule is CCC1(CC)CC(NC(=O)CSCc2ccccc2F)c2ccccc2O1. The molecule has 3 nitrogen and oxygen atoms in total. The summed E-state index contributed by atoms with van der Waals surface area (Å²) in [4.78, 5) is 12.5. The molecule has 0 bridgehead atoms. The van der Waals surface area contributed by atoms with Gasteiger partial charge in [0.25, 0.3) is 0 Å². The van der Waals surface area contributed by atoms with Crippen molar-refractivity contribution in [2.24, 2.45) is 0 Å². The van der Waals surface area contributed by atoms with E-state index in [-0.39, 0.29) is 23.4 Å². The van der Waals surface area contributed by atoms with E-state index in [0.29, 0.717) is 17.1 Å². The number of nitrogens with one attached hydrogen (secondary N) is 1. The van der Waals surface area contributed by atoms with Crippen LogP contribution in [-0.2, 0) is 10.5 Å². The first-order valence-electron chi connectivity index (χ1n) is 9.45. The van der Waals surface area contributed by atoms with Crippen LogP contribution in [0.3, 0.4) is 0 Å². The predicted octanol–water partition coefficient (Wildman–Crippen LogP) is 5.26. The molecule has 0 saturated heterocycles. The maximum absolute atomic E-state index is 13.7. The molecule has 0 radical (unpaired) electrons. The van der Waals surface area contributed by atoms with Gasteiger partial charge >= 0.3 is 0 Å². The Morgan fingerprint density at radius 2 is 1.89 bits per heavy atom. The summed E-state index contributed by atoms with van der Waals surface area (Å²) >= 11 is 1.43. The van der Waals surface area contributed by atoms with Crippen LogP contribution in [-0.4, -0.2) is 17.3 Å². The van der Waals surface area contributed by atoms with Crippen LogP contribution in [0.2, 0.25) is 0 Å². The summed E-state index contributed by atoms with van der Waals surface area (Å²) in [7, 11) is 0. The molecule has 27 heavy (non-hydrogen) atoms. The van der Waals surface area contributed by atoms with Crippen LogP contribution in [0.4, 0.5) is 4.39 Å². The largest absolute Gasteiger partial charge is 0.487 e. The highest BCUT2D eigenvalue weighted by Crippen LogP contribution is 2.42. The van der Waals surface area contributed by atoms with E-state index in [4.69, 9.17) is 4.74 Å². The summed E-state index contributed by atoms with van der Waals surface area (Å²) in [5, 5.41) is 3.17. The van der Waals surface area contributed by atoms with Gasteiger partial charge in [0.05, 0.1) is 11.8 Å². The molecule has 2 aromatic carbocycles. The van der Waals surface area contributed by atoms with E-state index in [1.807, 2.05) is 30.3 Å². The number of benzene rings is 2. The minimum atomic E-state index is -0.243. The molecule has 1 heterocycles. The smallest absolute Gasteiger partial charge is 0.230 e. The molecule has 3 rings (SSSR count). The van der Waals surface area contributed by atoms with Crippen molar-refractivity contribution in [3.05, 3.63) is 65.5 Å². The number of halogens is 1. The maximum atomic E-state index is 13.7. The van der Waals surface area contributed by atoms with E-state index < -0.39 is 0 Å². The Kier molecular flexibility index (Phi) is 6.42. The molecule has 5 heteroatoms. The van der Waals surface area contributed by atoms with Crippen molar-refractivity contribution in [2.75, 3.05) is 5.75 Å². The standard InChI is InChI=1S/C22H26FNO2S/c1-3-22(4-2)13-19(17-10-6-8-12-20(17)26-22)24-21(25)15-27-14-16-9-5-7-11-18(16)23/h5-12,19H,3-4,13-15H2,1-2H3,(H,24,25). The average molecular weight is 388 g/mol. The first kappa shape index (κ1) is 19.7. The fourth-order valence-electron chi connectivity index (χ4n) is 3.54. The van der Waals surface area contributed by atoms with E-state index >= 15 is 0 Å². The van der Waals surface area contributed by atoms with E-state index in [9.17, 15) is 9.18 Å². The van der Waals surface area contributed by atoms with Crippen LogP contribution in [0.1, 0.15) is 50.3 Å². The van der Waals surface area contributed by atoms with E-state index in [1.165, 1.54) is 17.8 Å². The van der Waals surface area contributed by atoms with Crippen LogP contribution in [0.5, 0.6) is 5.75 Å². The van der Waals surface area contributed by atoms with Crippen LogP contribution in [0.25, 0.3) is 0 Å². The van der Waals surface area contributed by atoms with Gasteiger partial charge in [0.2, 0.25) is 5.91 Å². The molecule has 144 valence electrons. The number of thioether (sulfide) groups is 1. The number of para-hydroxylation sites is 1. The lowest BCUT2D eigenvalue weighted by molar-refractivity contribution is -0.120. The van der Waals surface area contributed by atoms with Crippen LogP contribution in [0, 0.1) is 5.82 Å². The topological polar surface area (TPSA) is 38.3 Å². The number of hydrogen-bond donors (Lipinski definition) is 1. The molecule has 0 spiro atoms. The van der Waals surface area contributed by atoms with Crippen molar-refractivity contribution in [2.45, 2.75) is 50.5 Å². The number of fused-ring (bicyclic) bond motifs is 1. The minimum absolute atomic E-state index is 0.0286. The zero-order valence-corrected chi connectivity index (χ0v) is 16.7. The number of hydrogen-bond acceptors (Lipinski definition) is 3. The highest BCUT2D eigenvalue weighted by atomic mass is 32.2. The summed E-state index contributed by atoms with van der Waals surface area (Å²) in [5.74, 6) is 1.40. The molecule has 1 atom stereocenters. The van der Waals surface area contributed by atoms with Gasteiger partial charge in [-0.3, -0.25) is 4.79 Å². The van der Waals surface area contributed by atoms with Crippen molar-refractivity contribution < 1.29 is 13.9 Å². The van der Waals surface area contributed by atoms with Gasteiger partial charge in [-0.25, -0.2) is 4.39 Å². The Morgan fingerprint density at radius 1 is 1.19 bits per heavy atom. The average Bonchev–Trinajstić information content (AvgIpc) is 2.69. The second kappa shape index (κ2) is 8.79. The second-order valence-electron chi connectivity index (χ2n) is 6.94. The van der Waals surface area contributed by atoms with Gasteiger partial charge in [-0.05, 0) is 30.5 Å². The molecule has 0 aliphatic carbocycles. The van der Waals surface area contributed by atoms with E-state index in [0.717, 1.165) is 30.6 Å². The molecule has 0 aromatic heterocycles. The highest BCUT2D eigenvalue weighted by molar-refractivity contribution is 7.99. The molecule has 1 aliphatic rings. The van der Waals surface area contributed by atoms with Crippen LogP contribution < -0.4 is 10.1 Å². The lowest BCUT2D eigenvalue weighted by Crippen LogP contribution is -2.44. The third-order valence-electron chi connectivity index (χ3n) is 5.27. The Hall–Kier alpha value is -2.01. The number of rotatable bonds is 7. The Morgan fingerprint density at radius 3 is 2.63 bits per heavy atom. The Balaban J connectivity index is 1.63. The summed E-state index contributed by atoms with van der Waals surface area (Å²) in [6.07, 6.45) is 2.55. The molecule has 1 unspecified atom stereocenters. The highest BCUT2D eigenvalue weighted by Gasteiger charge is 2.38. The molecule has 1 N–H and O–H groups in total. The molecule has 1 amide bonds. The van der Waals surface area contributed by atoms with Gasteiger partial charge in [-0.2, -0.15) is 0 Å². The second-order valence-corrected chi connectivity index (χ2v) is 7.92. The van der Waals surface area contributed by atoms with Crippen LogP contribution in [0.15, 0.2) is 48.5 Å². The van der Waals surface area contributed by atoms with Gasteiger partial charge < -0.3 is 10.1 Å². The quantitative estimate of drug-likeness (QED) is 0.704. The number of carbonyl (C=O) groups is 1. The lowest BCUT2D eigenvalue weighted by Gasteiger charge is -2.41. The predicted molar refractivity (Wildman–Crippen MR) is 108 cm³/mol. The first-order chi connectivity index (χ1) is 13.1. The van der Waals surface area contributed by atoms with Gasteiger partial charge in [0.1, 0.15) is 17.2 Å². The summed E-state index contributed by atoms with van der Waals surface area (Å²) < 4.78 is 20.0. The number of amides is 1. The van der Waals surface area contributed by atoms with Crippen molar-refractivity contribution in [1.29, 1.82) is 0 Å². The van der Waals surface area contributed by atoms with E-state index in [1.54, 1.807) is 12.1 Å². The van der Waals surface area contributed by atoms with Crippen molar-refractivity contribution >= 4 is 17.7 Å². The zero-order chi connectivity index (χ0) is 19.3. The Labute approximate surface area is 164 Å². The number of carbonyl (C=O) groups excluding carboxylic acids is 1. The van der Waals surface area contributed by atoms with Crippen molar-refractivity contribution in [3.8, 4) is 5.75 Å². The van der Waals surface area contributed by atoms with Gasteiger partial charge in [-0.15, -0.1) is 11.8 Å². The zero-order valence-electron chi connectivity index (χ0n) is 15.8. The Bertz CT molecular complexity index is 791. The molecular formula is C22H26FNO2S. The summed E-state index contributed by atoms with van der Waals surface area (Å²) in [5.41, 5.74) is 1.41.